The van der Waals surface area contributed by atoms with E-state index in [4.69, 9.17) is 16.3 Å². The van der Waals surface area contributed by atoms with Gasteiger partial charge in [0.25, 0.3) is 0 Å². The van der Waals surface area contributed by atoms with E-state index in [0.717, 1.165) is 30.4 Å². The number of hydrogen-bond donors (Lipinski definition) is 0. The second kappa shape index (κ2) is 9.54. The number of hydrogen-bond acceptors (Lipinski definition) is 4. The third-order valence-corrected chi connectivity index (χ3v) is 6.93. The number of nitrogens with zero attached hydrogens (tertiary/aromatic N) is 1. The quantitative estimate of drug-likeness (QED) is 0.629. The number of ether oxygens (including phenoxy) is 1. The molecule has 3 rings (SSSR count). The van der Waals surface area contributed by atoms with Crippen LogP contribution in [0.15, 0.2) is 53.4 Å². The molecule has 28 heavy (non-hydrogen) atoms. The molecule has 0 N–H and O–H groups in total. The van der Waals surface area contributed by atoms with E-state index < -0.39 is 10.0 Å². The summed E-state index contributed by atoms with van der Waals surface area (Å²) in [4.78, 5) is 12.3. The maximum atomic E-state index is 12.7. The predicted octanol–water partition coefficient (Wildman–Crippen LogP) is 4.19. The topological polar surface area (TPSA) is 63.7 Å². The maximum absolute atomic E-state index is 12.7. The van der Waals surface area contributed by atoms with Crippen molar-refractivity contribution in [3.8, 4) is 0 Å². The van der Waals surface area contributed by atoms with Gasteiger partial charge in [-0.15, -0.1) is 0 Å². The Morgan fingerprint density at radius 2 is 1.71 bits per heavy atom. The summed E-state index contributed by atoms with van der Waals surface area (Å²) in [5, 5.41) is 0.605. The van der Waals surface area contributed by atoms with Crippen LogP contribution in [0.25, 0.3) is 0 Å². The van der Waals surface area contributed by atoms with Crippen LogP contribution in [0.5, 0.6) is 0 Å². The normalized spacial score (nSPS) is 15.3. The number of esters is 1. The Kier molecular flexibility index (Phi) is 7.10. The molecule has 0 amide bonds. The molecule has 1 heterocycles. The van der Waals surface area contributed by atoms with Crippen molar-refractivity contribution < 1.29 is 17.9 Å². The number of rotatable bonds is 7. The van der Waals surface area contributed by atoms with Crippen LogP contribution in [0.3, 0.4) is 0 Å². The fraction of sp³-hybridized carbons (Fsp3) is 0.381. The lowest BCUT2D eigenvalue weighted by molar-refractivity contribution is -0.144. The highest BCUT2D eigenvalue weighted by molar-refractivity contribution is 7.89. The molecule has 0 aliphatic carbocycles. The van der Waals surface area contributed by atoms with Gasteiger partial charge < -0.3 is 4.74 Å². The van der Waals surface area contributed by atoms with E-state index in [1.165, 1.54) is 0 Å². The molecule has 0 bridgehead atoms. The first-order valence-electron chi connectivity index (χ1n) is 9.44. The van der Waals surface area contributed by atoms with Gasteiger partial charge in [-0.1, -0.05) is 42.3 Å². The summed E-state index contributed by atoms with van der Waals surface area (Å²) >= 11 is 5.91. The van der Waals surface area contributed by atoms with Crippen LogP contribution in [-0.4, -0.2) is 31.8 Å². The third-order valence-electron chi connectivity index (χ3n) is 4.78. The van der Waals surface area contributed by atoms with Crippen molar-refractivity contribution in [3.05, 3.63) is 64.7 Å². The Hall–Kier alpha value is -1.89. The van der Waals surface area contributed by atoms with Gasteiger partial charge in [-0.25, -0.2) is 8.42 Å². The van der Waals surface area contributed by atoms with Crippen LogP contribution in [-0.2, 0) is 32.6 Å². The molecule has 2 aromatic carbocycles. The van der Waals surface area contributed by atoms with E-state index in [-0.39, 0.29) is 19.0 Å². The fourth-order valence-corrected chi connectivity index (χ4v) is 4.92. The molecule has 7 heteroatoms. The van der Waals surface area contributed by atoms with E-state index in [0.29, 0.717) is 29.4 Å². The minimum absolute atomic E-state index is 0.187. The molecule has 0 unspecified atom stereocenters. The average molecular weight is 422 g/mol. The van der Waals surface area contributed by atoms with Crippen LogP contribution in [0.4, 0.5) is 0 Å². The molecule has 1 fully saturated rings. The van der Waals surface area contributed by atoms with Crippen molar-refractivity contribution in [2.45, 2.75) is 43.6 Å². The lowest BCUT2D eigenvalue weighted by Gasteiger charge is -2.25. The number of sulfonamides is 1. The van der Waals surface area contributed by atoms with Gasteiger partial charge in [-0.2, -0.15) is 4.31 Å². The van der Waals surface area contributed by atoms with Crippen LogP contribution in [0.1, 0.15) is 36.8 Å². The van der Waals surface area contributed by atoms with Crippen LogP contribution in [0, 0.1) is 0 Å². The maximum Gasteiger partial charge on any atom is 0.306 e. The Morgan fingerprint density at radius 1 is 1.00 bits per heavy atom. The minimum Gasteiger partial charge on any atom is -0.461 e. The molecule has 5 nitrogen and oxygen atoms in total. The molecule has 2 aromatic rings. The van der Waals surface area contributed by atoms with E-state index in [1.54, 1.807) is 40.7 Å². The SMILES string of the molecule is O=C(CCc1ccc(S(=O)(=O)N2CCCCC2)cc1)OCc1cccc(Cl)c1. The van der Waals surface area contributed by atoms with Crippen LogP contribution >= 0.6 is 11.6 Å². The first-order valence-corrected chi connectivity index (χ1v) is 11.3. The molecule has 1 aliphatic heterocycles. The average Bonchev–Trinajstić information content (AvgIpc) is 2.72. The van der Waals surface area contributed by atoms with Crippen LogP contribution in [0.2, 0.25) is 5.02 Å². The highest BCUT2D eigenvalue weighted by atomic mass is 35.5. The number of benzene rings is 2. The summed E-state index contributed by atoms with van der Waals surface area (Å²) in [5.74, 6) is -0.301. The Labute approximate surface area is 171 Å². The summed E-state index contributed by atoms with van der Waals surface area (Å²) < 4.78 is 32.1. The zero-order valence-corrected chi connectivity index (χ0v) is 17.2. The summed E-state index contributed by atoms with van der Waals surface area (Å²) in [6, 6.07) is 14.0. The van der Waals surface area contributed by atoms with Gasteiger partial charge in [-0.05, 0) is 54.7 Å². The van der Waals surface area contributed by atoms with Gasteiger partial charge in [0, 0.05) is 24.5 Å². The highest BCUT2D eigenvalue weighted by Gasteiger charge is 2.25. The summed E-state index contributed by atoms with van der Waals surface area (Å²) in [7, 11) is -3.42. The smallest absolute Gasteiger partial charge is 0.306 e. The lowest BCUT2D eigenvalue weighted by atomic mass is 10.1. The molecule has 150 valence electrons. The molecular weight excluding hydrogens is 398 g/mol. The van der Waals surface area contributed by atoms with Gasteiger partial charge in [0.15, 0.2) is 0 Å². The predicted molar refractivity (Wildman–Crippen MR) is 109 cm³/mol. The van der Waals surface area contributed by atoms with Crippen molar-refractivity contribution >= 4 is 27.6 Å². The molecule has 1 saturated heterocycles. The minimum atomic E-state index is -3.42. The van der Waals surface area contributed by atoms with Crippen molar-refractivity contribution in [2.24, 2.45) is 0 Å². The van der Waals surface area contributed by atoms with Crippen LogP contribution < -0.4 is 0 Å². The number of carbonyl (C=O) groups excluding carboxylic acids is 1. The van der Waals surface area contributed by atoms with Crippen molar-refractivity contribution in [3.63, 3.8) is 0 Å². The summed E-state index contributed by atoms with van der Waals surface area (Å²) in [6.07, 6.45) is 3.64. The van der Waals surface area contributed by atoms with Gasteiger partial charge in [0.2, 0.25) is 10.0 Å². The molecule has 0 saturated carbocycles. The summed E-state index contributed by atoms with van der Waals surface area (Å²) in [5.41, 5.74) is 1.74. The number of carbonyl (C=O) groups is 1. The standard InChI is InChI=1S/C21H24ClNO4S/c22-19-6-4-5-18(15-19)16-27-21(24)12-9-17-7-10-20(11-8-17)28(25,26)23-13-2-1-3-14-23/h4-8,10-11,15H,1-3,9,12-14,16H2. The second-order valence-corrected chi connectivity index (χ2v) is 9.27. The van der Waals surface area contributed by atoms with Crippen molar-refractivity contribution in [1.82, 2.24) is 4.31 Å². The Balaban J connectivity index is 1.50. The lowest BCUT2D eigenvalue weighted by Crippen LogP contribution is -2.35. The third kappa shape index (κ3) is 5.56. The zero-order chi connectivity index (χ0) is 20.0. The zero-order valence-electron chi connectivity index (χ0n) is 15.6. The fourth-order valence-electron chi connectivity index (χ4n) is 3.19. The number of piperidine rings is 1. The molecule has 1 aliphatic rings. The molecule has 0 spiro atoms. The van der Waals surface area contributed by atoms with E-state index in [1.807, 2.05) is 12.1 Å². The second-order valence-electron chi connectivity index (χ2n) is 6.90. The monoisotopic (exact) mass is 421 g/mol. The van der Waals surface area contributed by atoms with Gasteiger partial charge in [0.05, 0.1) is 4.90 Å². The largest absolute Gasteiger partial charge is 0.461 e. The van der Waals surface area contributed by atoms with Gasteiger partial charge >= 0.3 is 5.97 Å². The molecule has 0 aromatic heterocycles. The highest BCUT2D eigenvalue weighted by Crippen LogP contribution is 2.21. The first-order chi connectivity index (χ1) is 13.4. The van der Waals surface area contributed by atoms with Crippen molar-refractivity contribution in [1.29, 1.82) is 0 Å². The number of aryl methyl sites for hydroxylation is 1. The number of halogens is 1. The van der Waals surface area contributed by atoms with E-state index in [2.05, 4.69) is 0 Å². The molecule has 0 radical (unpaired) electrons. The summed E-state index contributed by atoms with van der Waals surface area (Å²) in [6.45, 7) is 1.36. The van der Waals surface area contributed by atoms with E-state index >= 15 is 0 Å². The first kappa shape index (κ1) is 20.8. The van der Waals surface area contributed by atoms with Gasteiger partial charge in [0.1, 0.15) is 6.61 Å². The van der Waals surface area contributed by atoms with E-state index in [9.17, 15) is 13.2 Å². The Bertz CT molecular complexity index is 906. The van der Waals surface area contributed by atoms with Crippen molar-refractivity contribution in [2.75, 3.05) is 13.1 Å². The molecular formula is C21H24ClNO4S. The Morgan fingerprint density at radius 3 is 2.39 bits per heavy atom. The van der Waals surface area contributed by atoms with Gasteiger partial charge in [-0.3, -0.25) is 4.79 Å². The molecule has 0 atom stereocenters.